The van der Waals surface area contributed by atoms with E-state index in [0.717, 1.165) is 6.54 Å². The molecule has 1 heteroatoms. The fourth-order valence-corrected chi connectivity index (χ4v) is 26.7. The summed E-state index contributed by atoms with van der Waals surface area (Å²) in [4.78, 5) is 0. The summed E-state index contributed by atoms with van der Waals surface area (Å²) < 4.78 is 0. The Kier molecular flexibility index (Phi) is 2.80. The lowest BCUT2D eigenvalue weighted by molar-refractivity contribution is 0.334. The highest BCUT2D eigenvalue weighted by Crippen LogP contribution is 2.85. The highest BCUT2D eigenvalue weighted by Gasteiger charge is 2.74. The van der Waals surface area contributed by atoms with Gasteiger partial charge >= 0.3 is 0 Å². The molecular weight excluding hydrogens is 879 g/mol. The van der Waals surface area contributed by atoms with Crippen molar-refractivity contribution < 1.29 is 0 Å². The predicted molar refractivity (Wildman–Crippen MR) is 313 cm³/mol. The Morgan fingerprint density at radius 3 is 0.671 bits per heavy atom. The zero-order valence-electron chi connectivity index (χ0n) is 39.1. The van der Waals surface area contributed by atoms with Gasteiger partial charge in [-0.2, -0.15) is 0 Å². The molecule has 2 spiro atoms. The highest BCUT2D eigenvalue weighted by molar-refractivity contribution is 6.82. The molecule has 1 nitrogen and oxygen atoms in total. The molecule has 4 aliphatic carbocycles. The molecule has 1 fully saturated rings. The molecule has 0 aromatic heterocycles. The third kappa shape index (κ3) is 1.67. The van der Waals surface area contributed by atoms with Crippen LogP contribution in [-0.4, -0.2) is 12.6 Å². The number of nitrogens with one attached hydrogen (secondary N) is 1. The van der Waals surface area contributed by atoms with Crippen molar-refractivity contribution in [2.45, 2.75) is 81.6 Å². The molecule has 28 aromatic carbocycles. The van der Waals surface area contributed by atoms with E-state index < -0.39 is 0 Å². The first-order valence-corrected chi connectivity index (χ1v) is 28.9. The van der Waals surface area contributed by atoms with Crippen LogP contribution in [0.5, 0.6) is 0 Å². The van der Waals surface area contributed by atoms with E-state index in [1.807, 2.05) is 22.3 Å². The van der Waals surface area contributed by atoms with Gasteiger partial charge in [-0.1, -0.05) is 58.3 Å². The largest absolute Gasteiger partial charge is 0.311 e. The molecule has 28 aromatic rings. The second-order valence-electron chi connectivity index (χ2n) is 27.7. The van der Waals surface area contributed by atoms with Gasteiger partial charge in [-0.15, -0.1) is 0 Å². The van der Waals surface area contributed by atoms with Crippen LogP contribution in [0.4, 0.5) is 0 Å². The van der Waals surface area contributed by atoms with Crippen LogP contribution in [0, 0.1) is 0 Å². The van der Waals surface area contributed by atoms with Crippen molar-refractivity contribution in [2.24, 2.45) is 0 Å². The van der Waals surface area contributed by atoms with Crippen molar-refractivity contribution in [1.29, 1.82) is 0 Å². The zero-order chi connectivity index (χ0) is 43.8. The standard InChI is InChI=1S/C72H25N/c1-2-3-4-5-6-7-8-9-10-12-72-69-63-57-47-35-27-19-15-13-14-17-21(19)29(35)39-33-25(17)26-18(14)22-20-16(13)24-23(15)31-37(27)45-51-41(31)42-32(24)38-28(20)36-30(22)40-34(26)44-43(33)55(49(39)57)65(69)66-56(44)50(40)58-48(36)54-46(38)52(42)60-59(51)67(61(63)53(45)47)71(72,11-73-12)68(60)62(54)64(58)70(66)72/h12,73H,2-11H2,1H3. The molecule has 1 heterocycles. The summed E-state index contributed by atoms with van der Waals surface area (Å²) in [5, 5.41) is 96.8. The fourth-order valence-electron chi connectivity index (χ4n) is 26.7. The van der Waals surface area contributed by atoms with Gasteiger partial charge in [0, 0.05) is 12.6 Å². The minimum Gasteiger partial charge on any atom is -0.311 e. The average Bonchev–Trinajstić information content (AvgIpc) is 3.75. The summed E-state index contributed by atoms with van der Waals surface area (Å²) in [5.41, 5.74) is 7.04. The Labute approximate surface area is 404 Å². The molecular formula is C72H25N. The Morgan fingerprint density at radius 2 is 0.438 bits per heavy atom. The van der Waals surface area contributed by atoms with Crippen LogP contribution < -0.4 is 5.32 Å². The first-order chi connectivity index (χ1) is 36.4. The molecule has 318 valence electrons. The summed E-state index contributed by atoms with van der Waals surface area (Å²) in [6, 6.07) is 0.392. The van der Waals surface area contributed by atoms with Crippen LogP contribution in [0.3, 0.4) is 0 Å². The van der Waals surface area contributed by atoms with Gasteiger partial charge in [-0.3, -0.25) is 0 Å². The minimum atomic E-state index is -0.153. The maximum absolute atomic E-state index is 4.75. The van der Waals surface area contributed by atoms with Crippen LogP contribution in [0.1, 0.15) is 87.0 Å². The first-order valence-electron chi connectivity index (χ1n) is 28.9. The van der Waals surface area contributed by atoms with Crippen LogP contribution in [-0.2, 0) is 10.8 Å². The van der Waals surface area contributed by atoms with Gasteiger partial charge in [-0.05, 0) is 320 Å². The third-order valence-corrected chi connectivity index (χ3v) is 27.0. The molecule has 33 rings (SSSR count). The Morgan fingerprint density at radius 1 is 0.247 bits per heavy atom. The second kappa shape index (κ2) is 7.00. The number of unbranched alkanes of at least 4 members (excludes halogenated alkanes) is 7. The Bertz CT molecular complexity index is 6960. The summed E-state index contributed by atoms with van der Waals surface area (Å²) in [7, 11) is 0. The number of benzene rings is 18. The molecule has 1 aliphatic heterocycles. The van der Waals surface area contributed by atoms with Crippen LogP contribution in [0.15, 0.2) is 0 Å². The van der Waals surface area contributed by atoms with E-state index in [-0.39, 0.29) is 10.8 Å². The number of rotatable bonds is 9. The van der Waals surface area contributed by atoms with Crippen molar-refractivity contribution in [3.63, 3.8) is 0 Å². The Balaban J connectivity index is 1.03. The van der Waals surface area contributed by atoms with E-state index in [4.69, 9.17) is 5.32 Å². The van der Waals surface area contributed by atoms with Crippen molar-refractivity contribution >= 4 is 291 Å². The van der Waals surface area contributed by atoms with Gasteiger partial charge in [-0.25, -0.2) is 0 Å². The average molecular weight is 904 g/mol. The van der Waals surface area contributed by atoms with E-state index in [1.165, 1.54) is 57.8 Å². The summed E-state index contributed by atoms with van der Waals surface area (Å²) >= 11 is 0. The van der Waals surface area contributed by atoms with Gasteiger partial charge < -0.3 is 5.32 Å². The smallest absolute Gasteiger partial charge is 0.0531 e. The molecule has 1 atom stereocenters. The molecule has 0 bridgehead atoms. The van der Waals surface area contributed by atoms with Crippen molar-refractivity contribution in [3.05, 3.63) is 22.3 Å². The lowest BCUT2D eigenvalue weighted by Crippen LogP contribution is -2.54. The summed E-state index contributed by atoms with van der Waals surface area (Å²) in [5.74, 6) is 0. The van der Waals surface area contributed by atoms with Crippen LogP contribution >= 0.6 is 0 Å². The third-order valence-electron chi connectivity index (χ3n) is 27.0. The van der Waals surface area contributed by atoms with Gasteiger partial charge in [0.25, 0.3) is 0 Å². The van der Waals surface area contributed by atoms with Crippen molar-refractivity contribution in [1.82, 2.24) is 5.32 Å². The lowest BCUT2D eigenvalue weighted by atomic mass is 9.48. The van der Waals surface area contributed by atoms with Gasteiger partial charge in [0.15, 0.2) is 0 Å². The van der Waals surface area contributed by atoms with E-state index >= 15 is 0 Å². The van der Waals surface area contributed by atoms with Crippen molar-refractivity contribution in [2.75, 3.05) is 6.54 Å². The quantitative estimate of drug-likeness (QED) is 0.112. The monoisotopic (exact) mass is 903 g/mol. The fraction of sp³-hybridized carbons (Fsp3) is 0.194. The van der Waals surface area contributed by atoms with Gasteiger partial charge in [0.2, 0.25) is 0 Å². The molecule has 5 aliphatic rings. The van der Waals surface area contributed by atoms with E-state index in [1.54, 1.807) is 291 Å². The summed E-state index contributed by atoms with van der Waals surface area (Å²) in [6.45, 7) is 3.43. The predicted octanol–water partition coefficient (Wildman–Crippen LogP) is 19.8. The van der Waals surface area contributed by atoms with Crippen LogP contribution in [0.25, 0.3) is 291 Å². The van der Waals surface area contributed by atoms with Gasteiger partial charge in [0.1, 0.15) is 0 Å². The molecule has 0 radical (unpaired) electrons. The summed E-state index contributed by atoms with van der Waals surface area (Å²) in [6.07, 6.45) is 12.3. The van der Waals surface area contributed by atoms with Crippen molar-refractivity contribution in [3.8, 4) is 0 Å². The van der Waals surface area contributed by atoms with E-state index in [9.17, 15) is 0 Å². The van der Waals surface area contributed by atoms with E-state index in [2.05, 4.69) is 6.92 Å². The maximum atomic E-state index is 4.75. The molecule has 1 N–H and O–H groups in total. The Hall–Kier alpha value is -7.58. The lowest BCUT2D eigenvalue weighted by Gasteiger charge is -2.52. The minimum absolute atomic E-state index is 0.150. The normalized spacial score (nSPS) is 23.2. The first kappa shape index (κ1) is 29.2. The molecule has 1 unspecified atom stereocenters. The zero-order valence-corrected chi connectivity index (χ0v) is 39.1. The molecule has 1 saturated heterocycles. The SMILES string of the molecule is CCCCCCCCCCC1NCC23c4c5c6c7c8c9c(c%10c%11c2c2c4c4c%12c5c5c6c6c8c8c%13c9c9c%10c%10c%11c%11c2c2c4c4c%12c%12c5c5c6c8c6c8c%13c9c9c%10c%10c%11c2c2c4c4c%12c5c6c5c8c9c%10c2c45)C713. The highest BCUT2D eigenvalue weighted by atomic mass is 15.0. The number of hydrogen-bond donors (Lipinski definition) is 1. The van der Waals surface area contributed by atoms with E-state index in [0.29, 0.717) is 6.04 Å². The second-order valence-corrected chi connectivity index (χ2v) is 27.7. The molecule has 0 saturated carbocycles. The maximum Gasteiger partial charge on any atom is 0.0531 e. The molecule has 0 amide bonds. The topological polar surface area (TPSA) is 12.0 Å². The molecule has 73 heavy (non-hydrogen) atoms. The van der Waals surface area contributed by atoms with Gasteiger partial charge in [0.05, 0.1) is 10.8 Å². The number of hydrogen-bond acceptors (Lipinski definition) is 1. The van der Waals surface area contributed by atoms with Crippen LogP contribution in [0.2, 0.25) is 0 Å².